The van der Waals surface area contributed by atoms with Gasteiger partial charge in [-0.2, -0.15) is 0 Å². The van der Waals surface area contributed by atoms with Crippen LogP contribution in [0.3, 0.4) is 0 Å². The highest BCUT2D eigenvalue weighted by Gasteiger charge is 2.43. The van der Waals surface area contributed by atoms with E-state index in [0.29, 0.717) is 17.3 Å². The van der Waals surface area contributed by atoms with Crippen LogP contribution in [0, 0.1) is 17.5 Å². The molecule has 0 bridgehead atoms. The molecular weight excluding hydrogens is 591 g/mol. The minimum Gasteiger partial charge on any atom is -0.375 e. The highest BCUT2D eigenvalue weighted by Crippen LogP contribution is 2.63. The lowest BCUT2D eigenvalue weighted by Gasteiger charge is -2.46. The summed E-state index contributed by atoms with van der Waals surface area (Å²) in [6, 6.07) is 35.3. The number of aromatic nitrogens is 2. The quantitative estimate of drug-likeness (QED) is 0.130. The second-order valence-electron chi connectivity index (χ2n) is 11.6. The molecule has 2 heterocycles. The first-order valence-corrected chi connectivity index (χ1v) is 17.3. The summed E-state index contributed by atoms with van der Waals surface area (Å²) in [5.41, 5.74) is 3.93. The molecule has 2 unspecified atom stereocenters. The van der Waals surface area contributed by atoms with E-state index in [1.165, 1.54) is 16.7 Å². The van der Waals surface area contributed by atoms with Crippen molar-refractivity contribution in [3.63, 3.8) is 0 Å². The first-order valence-electron chi connectivity index (χ1n) is 15.1. The van der Waals surface area contributed by atoms with Gasteiger partial charge in [0, 0.05) is 53.1 Å². The standard InChI is InChI=1S/C37H36F3N3OS/c38-34-21-36(40)35(39)19-31(34)23-44-24-32-20-33(22-43(32)37-41-17-10-18-42-37)45(25-28-11-4-1-5-12-28,26-29-13-6-2-7-14-29)27-30-15-8-3-9-16-30/h1-19,21,32-33H,20,22-27H2. The molecule has 0 N–H and O–H groups in total. The van der Waals surface area contributed by atoms with Crippen LogP contribution in [-0.2, 0) is 28.6 Å². The van der Waals surface area contributed by atoms with Gasteiger partial charge in [0.15, 0.2) is 11.6 Å². The summed E-state index contributed by atoms with van der Waals surface area (Å²) < 4.78 is 47.8. The smallest absolute Gasteiger partial charge is 0.225 e. The summed E-state index contributed by atoms with van der Waals surface area (Å²) in [6.45, 7) is 0.855. The van der Waals surface area contributed by atoms with Crippen molar-refractivity contribution in [1.29, 1.82) is 0 Å². The van der Waals surface area contributed by atoms with Gasteiger partial charge < -0.3 is 9.64 Å². The zero-order valence-electron chi connectivity index (χ0n) is 24.9. The zero-order valence-corrected chi connectivity index (χ0v) is 25.8. The Morgan fingerprint density at radius 3 is 1.71 bits per heavy atom. The molecule has 1 aromatic heterocycles. The Labute approximate surface area is 264 Å². The van der Waals surface area contributed by atoms with Crippen LogP contribution in [0.2, 0.25) is 0 Å². The van der Waals surface area contributed by atoms with Crippen molar-refractivity contribution in [3.8, 4) is 0 Å². The molecule has 1 fully saturated rings. The molecule has 45 heavy (non-hydrogen) atoms. The van der Waals surface area contributed by atoms with Crippen LogP contribution in [-0.4, -0.2) is 34.4 Å². The maximum absolute atomic E-state index is 14.4. The maximum Gasteiger partial charge on any atom is 0.225 e. The highest BCUT2D eigenvalue weighted by atomic mass is 32.3. The van der Waals surface area contributed by atoms with Crippen molar-refractivity contribution in [2.75, 3.05) is 18.1 Å². The van der Waals surface area contributed by atoms with Crippen LogP contribution in [0.1, 0.15) is 28.7 Å². The molecule has 4 nitrogen and oxygen atoms in total. The molecule has 6 rings (SSSR count). The van der Waals surface area contributed by atoms with Gasteiger partial charge in [0.1, 0.15) is 5.82 Å². The molecule has 8 heteroatoms. The van der Waals surface area contributed by atoms with Gasteiger partial charge in [0.25, 0.3) is 0 Å². The minimum atomic E-state index is -1.41. The van der Waals surface area contributed by atoms with E-state index in [4.69, 9.17) is 4.74 Å². The Kier molecular flexibility index (Phi) is 9.81. The van der Waals surface area contributed by atoms with Crippen LogP contribution in [0.15, 0.2) is 122 Å². The van der Waals surface area contributed by atoms with Gasteiger partial charge in [-0.1, -0.05) is 91.0 Å². The third kappa shape index (κ3) is 7.57. The van der Waals surface area contributed by atoms with E-state index < -0.39 is 27.5 Å². The molecule has 0 aliphatic carbocycles. The first-order chi connectivity index (χ1) is 22.0. The van der Waals surface area contributed by atoms with Crippen molar-refractivity contribution in [3.05, 3.63) is 161 Å². The SMILES string of the molecule is Fc1cc(F)c(COCC2CC(S(Cc3ccccc3)(Cc3ccccc3)Cc3ccccc3)CN2c2ncccn2)cc1F. The van der Waals surface area contributed by atoms with Crippen molar-refractivity contribution in [2.24, 2.45) is 0 Å². The van der Waals surface area contributed by atoms with Gasteiger partial charge in [0.2, 0.25) is 5.95 Å². The van der Waals surface area contributed by atoms with E-state index in [-0.39, 0.29) is 24.8 Å². The van der Waals surface area contributed by atoms with Gasteiger partial charge in [-0.15, -0.1) is 0 Å². The monoisotopic (exact) mass is 627 g/mol. The van der Waals surface area contributed by atoms with Crippen LogP contribution in [0.4, 0.5) is 19.1 Å². The fourth-order valence-corrected chi connectivity index (χ4v) is 11.0. The van der Waals surface area contributed by atoms with Crippen LogP contribution in [0.25, 0.3) is 0 Å². The molecule has 2 atom stereocenters. The lowest BCUT2D eigenvalue weighted by molar-refractivity contribution is 0.106. The first kappa shape index (κ1) is 30.9. The van der Waals surface area contributed by atoms with Gasteiger partial charge >= 0.3 is 0 Å². The van der Waals surface area contributed by atoms with Crippen molar-refractivity contribution in [2.45, 2.75) is 41.6 Å². The summed E-state index contributed by atoms with van der Waals surface area (Å²) in [6.07, 6.45) is 4.31. The number of nitrogens with zero attached hydrogens (tertiary/aromatic N) is 3. The molecule has 1 aliphatic heterocycles. The average molecular weight is 628 g/mol. The van der Waals surface area contributed by atoms with E-state index in [2.05, 4.69) is 106 Å². The van der Waals surface area contributed by atoms with E-state index in [1.807, 2.05) is 0 Å². The Hall–Kier alpha value is -4.14. The van der Waals surface area contributed by atoms with Crippen molar-refractivity contribution in [1.82, 2.24) is 9.97 Å². The van der Waals surface area contributed by atoms with Crippen LogP contribution < -0.4 is 4.90 Å². The number of hydrogen-bond donors (Lipinski definition) is 0. The van der Waals surface area contributed by atoms with Gasteiger partial charge in [-0.3, -0.25) is 0 Å². The minimum absolute atomic E-state index is 0.0110. The molecule has 1 saturated heterocycles. The van der Waals surface area contributed by atoms with Gasteiger partial charge in [-0.05, 0) is 35.2 Å². The van der Waals surface area contributed by atoms with E-state index in [9.17, 15) is 13.2 Å². The van der Waals surface area contributed by atoms with E-state index in [1.54, 1.807) is 18.5 Å². The third-order valence-electron chi connectivity index (χ3n) is 8.44. The number of halogens is 3. The molecule has 4 aromatic carbocycles. The number of ether oxygens (including phenoxy) is 1. The van der Waals surface area contributed by atoms with Crippen LogP contribution >= 0.6 is 10.0 Å². The lowest BCUT2D eigenvalue weighted by Crippen LogP contribution is -2.35. The summed E-state index contributed by atoms with van der Waals surface area (Å²) >= 11 is 0. The number of anilines is 1. The molecule has 232 valence electrons. The second kappa shape index (κ2) is 14.3. The van der Waals surface area contributed by atoms with Crippen LogP contribution in [0.5, 0.6) is 0 Å². The number of hydrogen-bond acceptors (Lipinski definition) is 4. The van der Waals surface area contributed by atoms with Crippen molar-refractivity contribution < 1.29 is 17.9 Å². The summed E-state index contributed by atoms with van der Waals surface area (Å²) in [5, 5.41) is 0.301. The largest absolute Gasteiger partial charge is 0.375 e. The van der Waals surface area contributed by atoms with E-state index >= 15 is 0 Å². The highest BCUT2D eigenvalue weighted by molar-refractivity contribution is 8.32. The second-order valence-corrected chi connectivity index (χ2v) is 15.3. The maximum atomic E-state index is 14.4. The zero-order chi connectivity index (χ0) is 31.1. The number of benzene rings is 4. The van der Waals surface area contributed by atoms with E-state index in [0.717, 1.165) is 36.3 Å². The predicted octanol–water partition coefficient (Wildman–Crippen LogP) is 8.46. The Balaban J connectivity index is 1.35. The van der Waals surface area contributed by atoms with Gasteiger partial charge in [0.05, 0.1) is 19.3 Å². The molecule has 0 amide bonds. The third-order valence-corrected chi connectivity index (χ3v) is 12.9. The lowest BCUT2D eigenvalue weighted by atomic mass is 10.2. The van der Waals surface area contributed by atoms with Crippen molar-refractivity contribution >= 4 is 16.0 Å². The molecule has 1 aliphatic rings. The average Bonchev–Trinajstić information content (AvgIpc) is 3.50. The topological polar surface area (TPSA) is 38.2 Å². The molecule has 0 radical (unpaired) electrons. The molecule has 0 saturated carbocycles. The predicted molar refractivity (Wildman–Crippen MR) is 176 cm³/mol. The fourth-order valence-electron chi connectivity index (χ4n) is 6.28. The Bertz CT molecular complexity index is 1560. The number of rotatable bonds is 12. The summed E-state index contributed by atoms with van der Waals surface area (Å²) in [7, 11) is -1.41. The molecule has 5 aromatic rings. The Morgan fingerprint density at radius 2 is 1.18 bits per heavy atom. The molecular formula is C37H36F3N3OS. The fraction of sp³-hybridized carbons (Fsp3) is 0.243. The Morgan fingerprint density at radius 1 is 0.667 bits per heavy atom. The molecule has 0 spiro atoms. The summed E-state index contributed by atoms with van der Waals surface area (Å²) in [5.74, 6) is 0.375. The normalized spacial score (nSPS) is 17.0. The summed E-state index contributed by atoms with van der Waals surface area (Å²) in [4.78, 5) is 11.4. The van der Waals surface area contributed by atoms with Gasteiger partial charge in [-0.25, -0.2) is 33.2 Å².